The first-order chi connectivity index (χ1) is 35.5. The Labute approximate surface area is 446 Å². The SMILES string of the molecule is CCCCCCC/C=C\C/C=C\C/C=C\CCCCCCCCCCC(=O)OCC(COC(=O)CCCCCCCCCCCC)OC(=O)CCCCCCCC/C=C\C/C=C\C/C=C\CCCCCCC. The Balaban J connectivity index is 4.31. The molecule has 0 bridgehead atoms. The predicted octanol–water partition coefficient (Wildman–Crippen LogP) is 20.9. The molecule has 0 amide bonds. The number of unbranched alkanes of at least 4 members (excludes halogenated alkanes) is 33. The van der Waals surface area contributed by atoms with Gasteiger partial charge in [0.25, 0.3) is 0 Å². The van der Waals surface area contributed by atoms with Crippen molar-refractivity contribution in [2.24, 2.45) is 0 Å². The first kappa shape index (κ1) is 68.8. The fraction of sp³-hybridized carbons (Fsp3) is 0.773. The van der Waals surface area contributed by atoms with Crippen molar-refractivity contribution < 1.29 is 28.6 Å². The summed E-state index contributed by atoms with van der Waals surface area (Å²) in [6.45, 7) is 6.61. The van der Waals surface area contributed by atoms with Crippen LogP contribution in [0.5, 0.6) is 0 Å². The lowest BCUT2D eigenvalue weighted by Crippen LogP contribution is -2.30. The van der Waals surface area contributed by atoms with Crippen LogP contribution in [0.25, 0.3) is 0 Å². The number of carbonyl (C=O) groups excluding carboxylic acids is 3. The molecule has 0 aliphatic carbocycles. The molecule has 0 rings (SSSR count). The highest BCUT2D eigenvalue weighted by molar-refractivity contribution is 5.71. The molecule has 0 aliphatic rings. The molecule has 1 atom stereocenters. The summed E-state index contributed by atoms with van der Waals surface area (Å²) >= 11 is 0. The zero-order chi connectivity index (χ0) is 52.2. The molecule has 0 spiro atoms. The van der Waals surface area contributed by atoms with E-state index in [0.29, 0.717) is 19.3 Å². The standard InChI is InChI=1S/C66H116O6/c1-4-7-10-13-16-19-22-24-26-28-30-32-33-35-36-38-40-42-44-47-50-53-56-59-65(68)71-62-63(61-70-64(67)58-55-52-49-46-21-18-15-12-9-6-3)72-66(69)60-57-54-51-48-45-43-41-39-37-34-31-29-27-25-23-20-17-14-11-8-5-2/h22-25,28-31,33,35,37,39,63H,4-21,26-27,32,34,36,38,40-62H2,1-3H3/b24-22-,25-23-,30-28-,31-29-,35-33-,39-37-. The normalized spacial score (nSPS) is 12.5. The maximum Gasteiger partial charge on any atom is 0.306 e. The van der Waals surface area contributed by atoms with Crippen LogP contribution in [0.15, 0.2) is 72.9 Å². The van der Waals surface area contributed by atoms with Crippen molar-refractivity contribution in [3.05, 3.63) is 72.9 Å². The number of ether oxygens (including phenoxy) is 3. The summed E-state index contributed by atoms with van der Waals surface area (Å²) < 4.78 is 16.9. The van der Waals surface area contributed by atoms with E-state index in [1.807, 2.05) is 0 Å². The van der Waals surface area contributed by atoms with Gasteiger partial charge >= 0.3 is 17.9 Å². The fourth-order valence-electron chi connectivity index (χ4n) is 8.75. The van der Waals surface area contributed by atoms with Gasteiger partial charge in [-0.05, 0) is 96.3 Å². The van der Waals surface area contributed by atoms with Gasteiger partial charge in [-0.15, -0.1) is 0 Å². The Hall–Kier alpha value is -3.15. The van der Waals surface area contributed by atoms with Crippen LogP contribution in [-0.2, 0) is 28.6 Å². The first-order valence-corrected chi connectivity index (χ1v) is 30.9. The number of hydrogen-bond acceptors (Lipinski definition) is 6. The Morgan fingerprint density at radius 2 is 0.500 bits per heavy atom. The zero-order valence-electron chi connectivity index (χ0n) is 47.7. The average molecular weight is 1010 g/mol. The molecule has 0 fully saturated rings. The van der Waals surface area contributed by atoms with E-state index < -0.39 is 6.10 Å². The lowest BCUT2D eigenvalue weighted by molar-refractivity contribution is -0.167. The summed E-state index contributed by atoms with van der Waals surface area (Å²) in [7, 11) is 0. The highest BCUT2D eigenvalue weighted by atomic mass is 16.6. The number of carbonyl (C=O) groups is 3. The van der Waals surface area contributed by atoms with Gasteiger partial charge in [-0.3, -0.25) is 14.4 Å². The van der Waals surface area contributed by atoms with E-state index in [1.165, 1.54) is 167 Å². The van der Waals surface area contributed by atoms with Gasteiger partial charge in [-0.2, -0.15) is 0 Å². The van der Waals surface area contributed by atoms with Gasteiger partial charge in [0, 0.05) is 19.3 Å². The molecule has 6 nitrogen and oxygen atoms in total. The number of allylic oxidation sites excluding steroid dienone is 12. The topological polar surface area (TPSA) is 78.9 Å². The maximum atomic E-state index is 12.9. The van der Waals surface area contributed by atoms with E-state index in [4.69, 9.17) is 14.2 Å². The third kappa shape index (κ3) is 57.7. The minimum Gasteiger partial charge on any atom is -0.462 e. The molecule has 0 saturated carbocycles. The molecule has 72 heavy (non-hydrogen) atoms. The predicted molar refractivity (Wildman–Crippen MR) is 311 cm³/mol. The van der Waals surface area contributed by atoms with Gasteiger partial charge in [0.1, 0.15) is 13.2 Å². The summed E-state index contributed by atoms with van der Waals surface area (Å²) in [5.74, 6) is -0.892. The van der Waals surface area contributed by atoms with Crippen molar-refractivity contribution >= 4 is 17.9 Å². The minimum atomic E-state index is -0.784. The molecule has 6 heteroatoms. The van der Waals surface area contributed by atoms with Crippen LogP contribution in [-0.4, -0.2) is 37.2 Å². The largest absolute Gasteiger partial charge is 0.462 e. The van der Waals surface area contributed by atoms with Crippen LogP contribution < -0.4 is 0 Å². The molecule has 0 aromatic heterocycles. The van der Waals surface area contributed by atoms with E-state index in [9.17, 15) is 14.4 Å². The molecule has 0 saturated heterocycles. The smallest absolute Gasteiger partial charge is 0.306 e. The van der Waals surface area contributed by atoms with Crippen LogP contribution in [0.1, 0.15) is 310 Å². The monoisotopic (exact) mass is 1000 g/mol. The van der Waals surface area contributed by atoms with Gasteiger partial charge in [-0.25, -0.2) is 0 Å². The number of esters is 3. The number of rotatable bonds is 56. The van der Waals surface area contributed by atoms with Crippen molar-refractivity contribution in [3.63, 3.8) is 0 Å². The second-order valence-corrected chi connectivity index (χ2v) is 20.6. The summed E-state index contributed by atoms with van der Waals surface area (Å²) in [5.41, 5.74) is 0. The van der Waals surface area contributed by atoms with Crippen molar-refractivity contribution in [3.8, 4) is 0 Å². The van der Waals surface area contributed by atoms with Crippen LogP contribution in [0, 0.1) is 0 Å². The van der Waals surface area contributed by atoms with E-state index in [0.717, 1.165) is 103 Å². The Bertz CT molecular complexity index is 1340. The molecular formula is C66H116O6. The van der Waals surface area contributed by atoms with Crippen molar-refractivity contribution in [2.75, 3.05) is 13.2 Å². The summed E-state index contributed by atoms with van der Waals surface area (Å²) in [6, 6.07) is 0. The Morgan fingerprint density at radius 3 is 0.778 bits per heavy atom. The van der Waals surface area contributed by atoms with Gasteiger partial charge in [-0.1, -0.05) is 267 Å². The summed E-state index contributed by atoms with van der Waals surface area (Å²) in [5, 5.41) is 0. The zero-order valence-corrected chi connectivity index (χ0v) is 47.7. The van der Waals surface area contributed by atoms with Crippen LogP contribution in [0.2, 0.25) is 0 Å². The third-order valence-electron chi connectivity index (χ3n) is 13.4. The first-order valence-electron chi connectivity index (χ1n) is 30.9. The van der Waals surface area contributed by atoms with E-state index in [-0.39, 0.29) is 31.1 Å². The van der Waals surface area contributed by atoms with E-state index >= 15 is 0 Å². The van der Waals surface area contributed by atoms with Crippen molar-refractivity contribution in [1.29, 1.82) is 0 Å². The van der Waals surface area contributed by atoms with Crippen molar-refractivity contribution in [1.82, 2.24) is 0 Å². The average Bonchev–Trinajstić information content (AvgIpc) is 3.38. The Morgan fingerprint density at radius 1 is 0.278 bits per heavy atom. The van der Waals surface area contributed by atoms with Gasteiger partial charge in [0.15, 0.2) is 6.10 Å². The fourth-order valence-corrected chi connectivity index (χ4v) is 8.75. The minimum absolute atomic E-state index is 0.0813. The summed E-state index contributed by atoms with van der Waals surface area (Å²) in [6.07, 6.45) is 77.6. The van der Waals surface area contributed by atoms with Gasteiger partial charge in [0.2, 0.25) is 0 Å². The molecule has 0 radical (unpaired) electrons. The van der Waals surface area contributed by atoms with E-state index in [1.54, 1.807) is 0 Å². The molecular weight excluding hydrogens is 889 g/mol. The van der Waals surface area contributed by atoms with Crippen LogP contribution >= 0.6 is 0 Å². The molecule has 0 aliphatic heterocycles. The lowest BCUT2D eigenvalue weighted by atomic mass is 10.1. The Kier molecular flexibility index (Phi) is 57.8. The number of hydrogen-bond donors (Lipinski definition) is 0. The molecule has 0 aromatic rings. The highest BCUT2D eigenvalue weighted by Crippen LogP contribution is 2.15. The van der Waals surface area contributed by atoms with Crippen LogP contribution in [0.3, 0.4) is 0 Å². The molecule has 1 unspecified atom stereocenters. The molecule has 0 aromatic carbocycles. The molecule has 0 N–H and O–H groups in total. The quantitative estimate of drug-likeness (QED) is 0.0261. The third-order valence-corrected chi connectivity index (χ3v) is 13.4. The second kappa shape index (κ2) is 60.4. The van der Waals surface area contributed by atoms with Gasteiger partial charge in [0.05, 0.1) is 0 Å². The highest BCUT2D eigenvalue weighted by Gasteiger charge is 2.19. The summed E-state index contributed by atoms with van der Waals surface area (Å²) in [4.78, 5) is 38.2. The molecule has 0 heterocycles. The van der Waals surface area contributed by atoms with Crippen LogP contribution in [0.4, 0.5) is 0 Å². The molecule has 416 valence electrons. The lowest BCUT2D eigenvalue weighted by Gasteiger charge is -2.18. The maximum absolute atomic E-state index is 12.9. The second-order valence-electron chi connectivity index (χ2n) is 20.6. The van der Waals surface area contributed by atoms with E-state index in [2.05, 4.69) is 93.7 Å². The van der Waals surface area contributed by atoms with Crippen molar-refractivity contribution in [2.45, 2.75) is 316 Å². The van der Waals surface area contributed by atoms with Gasteiger partial charge < -0.3 is 14.2 Å².